The number of likely N-dealkylation sites (tertiary alicyclic amines) is 1. The number of carbonyl (C=O) groups is 2. The van der Waals surface area contributed by atoms with E-state index in [9.17, 15) is 9.59 Å². The third kappa shape index (κ3) is 3.92. The van der Waals surface area contributed by atoms with Gasteiger partial charge in [0.2, 0.25) is 5.91 Å². The number of rotatable bonds is 5. The van der Waals surface area contributed by atoms with Crippen molar-refractivity contribution >= 4 is 11.8 Å². The maximum atomic E-state index is 12.4. The number of hydrogen-bond donors (Lipinski definition) is 1. The van der Waals surface area contributed by atoms with Crippen molar-refractivity contribution in [1.29, 1.82) is 0 Å². The van der Waals surface area contributed by atoms with Gasteiger partial charge in [0.05, 0.1) is 11.4 Å². The van der Waals surface area contributed by atoms with E-state index in [0.717, 1.165) is 42.7 Å². The van der Waals surface area contributed by atoms with Crippen molar-refractivity contribution in [3.63, 3.8) is 0 Å². The Balaban J connectivity index is 1.62. The molecule has 138 valence electrons. The molecule has 0 aliphatic carbocycles. The fourth-order valence-electron chi connectivity index (χ4n) is 3.22. The molecule has 1 aromatic heterocycles. The summed E-state index contributed by atoms with van der Waals surface area (Å²) in [6.45, 7) is 7.75. The fourth-order valence-corrected chi connectivity index (χ4v) is 3.22. The van der Waals surface area contributed by atoms with Crippen LogP contribution in [-0.2, 0) is 4.79 Å². The van der Waals surface area contributed by atoms with Crippen molar-refractivity contribution in [3.05, 3.63) is 40.7 Å². The van der Waals surface area contributed by atoms with Crippen LogP contribution in [0.4, 0.5) is 0 Å². The van der Waals surface area contributed by atoms with Crippen LogP contribution in [0.5, 0.6) is 0 Å². The van der Waals surface area contributed by atoms with Crippen LogP contribution in [-0.4, -0.2) is 51.3 Å². The molecule has 1 aliphatic heterocycles. The fraction of sp³-hybridized carbons (Fsp3) is 0.474. The van der Waals surface area contributed by atoms with Gasteiger partial charge in [-0.05, 0) is 45.2 Å². The van der Waals surface area contributed by atoms with Gasteiger partial charge in [0.1, 0.15) is 0 Å². The molecule has 1 saturated heterocycles. The molecule has 1 N–H and O–H groups in total. The first-order valence-electron chi connectivity index (χ1n) is 9.03. The summed E-state index contributed by atoms with van der Waals surface area (Å²) in [5, 5.41) is 11.5. The number of aromatic nitrogens is 3. The van der Waals surface area contributed by atoms with E-state index in [1.165, 1.54) is 4.80 Å². The molecule has 2 aromatic rings. The van der Waals surface area contributed by atoms with Crippen LogP contribution in [0.1, 0.15) is 46.6 Å². The van der Waals surface area contributed by atoms with Gasteiger partial charge >= 0.3 is 0 Å². The molecule has 0 spiro atoms. The standard InChI is InChI=1S/C19H25N5O2/c1-13-6-7-16(14(2)12-13)24-21-15(3)18(22-24)19(26)20-9-8-17(25)23-10-4-5-11-23/h6-7,12H,4-5,8-11H2,1-3H3,(H,20,26). The van der Waals surface area contributed by atoms with Crippen molar-refractivity contribution in [2.45, 2.75) is 40.0 Å². The van der Waals surface area contributed by atoms with E-state index in [2.05, 4.69) is 21.6 Å². The Morgan fingerprint density at radius 3 is 2.54 bits per heavy atom. The first-order chi connectivity index (χ1) is 12.5. The van der Waals surface area contributed by atoms with Gasteiger partial charge in [-0.3, -0.25) is 9.59 Å². The number of nitrogens with zero attached hydrogens (tertiary/aromatic N) is 4. The Labute approximate surface area is 153 Å². The van der Waals surface area contributed by atoms with Gasteiger partial charge in [-0.1, -0.05) is 17.7 Å². The van der Waals surface area contributed by atoms with E-state index in [1.807, 2.05) is 30.9 Å². The van der Waals surface area contributed by atoms with Crippen molar-refractivity contribution in [2.24, 2.45) is 0 Å². The van der Waals surface area contributed by atoms with E-state index < -0.39 is 0 Å². The van der Waals surface area contributed by atoms with E-state index in [-0.39, 0.29) is 11.8 Å². The van der Waals surface area contributed by atoms with Gasteiger partial charge < -0.3 is 10.2 Å². The van der Waals surface area contributed by atoms with Gasteiger partial charge in [-0.25, -0.2) is 0 Å². The quantitative estimate of drug-likeness (QED) is 0.889. The molecule has 7 nitrogen and oxygen atoms in total. The number of aryl methyl sites for hydroxylation is 3. The van der Waals surface area contributed by atoms with Gasteiger partial charge in [0.15, 0.2) is 5.69 Å². The van der Waals surface area contributed by atoms with Crippen molar-refractivity contribution in [3.8, 4) is 5.69 Å². The minimum atomic E-state index is -0.298. The molecule has 1 fully saturated rings. The van der Waals surface area contributed by atoms with Crippen LogP contribution < -0.4 is 5.32 Å². The van der Waals surface area contributed by atoms with Crippen molar-refractivity contribution in [1.82, 2.24) is 25.2 Å². The third-order valence-corrected chi connectivity index (χ3v) is 4.65. The molecular formula is C19H25N5O2. The summed E-state index contributed by atoms with van der Waals surface area (Å²) >= 11 is 0. The summed E-state index contributed by atoms with van der Waals surface area (Å²) in [7, 11) is 0. The topological polar surface area (TPSA) is 80.1 Å². The highest BCUT2D eigenvalue weighted by molar-refractivity contribution is 5.93. The average Bonchev–Trinajstić information content (AvgIpc) is 3.24. The molecular weight excluding hydrogens is 330 g/mol. The first kappa shape index (κ1) is 18.1. The van der Waals surface area contributed by atoms with Crippen LogP contribution in [0.2, 0.25) is 0 Å². The predicted molar refractivity (Wildman–Crippen MR) is 98.3 cm³/mol. The number of amides is 2. The maximum absolute atomic E-state index is 12.4. The van der Waals surface area contributed by atoms with Gasteiger partial charge in [0, 0.05) is 26.1 Å². The number of carbonyl (C=O) groups excluding carboxylic acids is 2. The lowest BCUT2D eigenvalue weighted by Crippen LogP contribution is -2.33. The smallest absolute Gasteiger partial charge is 0.273 e. The highest BCUT2D eigenvalue weighted by atomic mass is 16.2. The highest BCUT2D eigenvalue weighted by Crippen LogP contribution is 2.15. The molecule has 26 heavy (non-hydrogen) atoms. The molecule has 2 heterocycles. The second-order valence-corrected chi connectivity index (χ2v) is 6.81. The lowest BCUT2D eigenvalue weighted by molar-refractivity contribution is -0.129. The van der Waals surface area contributed by atoms with Gasteiger partial charge in [0.25, 0.3) is 5.91 Å². The molecule has 3 rings (SSSR count). The zero-order chi connectivity index (χ0) is 18.7. The molecule has 0 radical (unpaired) electrons. The third-order valence-electron chi connectivity index (χ3n) is 4.65. The molecule has 7 heteroatoms. The largest absolute Gasteiger partial charge is 0.350 e. The monoisotopic (exact) mass is 355 g/mol. The normalized spacial score (nSPS) is 13.9. The Morgan fingerprint density at radius 1 is 1.12 bits per heavy atom. The Morgan fingerprint density at radius 2 is 1.85 bits per heavy atom. The average molecular weight is 355 g/mol. The van der Waals surface area contributed by atoms with Crippen LogP contribution in [0.25, 0.3) is 5.69 Å². The van der Waals surface area contributed by atoms with E-state index in [0.29, 0.717) is 24.4 Å². The summed E-state index contributed by atoms with van der Waals surface area (Å²) < 4.78 is 0. The number of hydrogen-bond acceptors (Lipinski definition) is 4. The summed E-state index contributed by atoms with van der Waals surface area (Å²) in [5.74, 6) is -0.203. The molecule has 1 aliphatic rings. The summed E-state index contributed by atoms with van der Waals surface area (Å²) in [6.07, 6.45) is 2.45. The molecule has 2 amide bonds. The number of nitrogens with one attached hydrogen (secondary N) is 1. The van der Waals surface area contributed by atoms with Crippen LogP contribution in [0.15, 0.2) is 18.2 Å². The van der Waals surface area contributed by atoms with E-state index >= 15 is 0 Å². The molecule has 0 saturated carbocycles. The Hall–Kier alpha value is -2.70. The van der Waals surface area contributed by atoms with Crippen molar-refractivity contribution < 1.29 is 9.59 Å². The minimum Gasteiger partial charge on any atom is -0.350 e. The molecule has 0 atom stereocenters. The zero-order valence-corrected chi connectivity index (χ0v) is 15.6. The van der Waals surface area contributed by atoms with Crippen LogP contribution >= 0.6 is 0 Å². The Bertz CT molecular complexity index is 821. The van der Waals surface area contributed by atoms with E-state index in [1.54, 1.807) is 6.92 Å². The maximum Gasteiger partial charge on any atom is 0.273 e. The minimum absolute atomic E-state index is 0.0958. The van der Waals surface area contributed by atoms with Crippen LogP contribution in [0, 0.1) is 20.8 Å². The molecule has 0 bridgehead atoms. The SMILES string of the molecule is Cc1ccc(-n2nc(C)c(C(=O)NCCC(=O)N3CCCC3)n2)c(C)c1. The van der Waals surface area contributed by atoms with Crippen LogP contribution in [0.3, 0.4) is 0 Å². The van der Waals surface area contributed by atoms with Crippen molar-refractivity contribution in [2.75, 3.05) is 19.6 Å². The van der Waals surface area contributed by atoms with Gasteiger partial charge in [-0.2, -0.15) is 9.90 Å². The molecule has 0 unspecified atom stereocenters. The first-order valence-corrected chi connectivity index (χ1v) is 9.03. The number of benzene rings is 1. The lowest BCUT2D eigenvalue weighted by Gasteiger charge is -2.14. The Kier molecular flexibility index (Phi) is 5.35. The second kappa shape index (κ2) is 7.68. The highest BCUT2D eigenvalue weighted by Gasteiger charge is 2.19. The zero-order valence-electron chi connectivity index (χ0n) is 15.6. The summed E-state index contributed by atoms with van der Waals surface area (Å²) in [6, 6.07) is 5.99. The molecule has 1 aromatic carbocycles. The van der Waals surface area contributed by atoms with Gasteiger partial charge in [-0.15, -0.1) is 5.10 Å². The lowest BCUT2D eigenvalue weighted by atomic mass is 10.1. The van der Waals surface area contributed by atoms with E-state index in [4.69, 9.17) is 0 Å². The summed E-state index contributed by atoms with van der Waals surface area (Å²) in [4.78, 5) is 27.8. The summed E-state index contributed by atoms with van der Waals surface area (Å²) in [5.41, 5.74) is 3.91. The predicted octanol–water partition coefficient (Wildman–Crippen LogP) is 1.93. The second-order valence-electron chi connectivity index (χ2n) is 6.81.